The quantitative estimate of drug-likeness (QED) is 0.0320. The van der Waals surface area contributed by atoms with Crippen LogP contribution >= 0.6 is 0 Å². The number of esters is 1. The Bertz CT molecular complexity index is 1130. The number of ether oxygens (including phenoxy) is 1. The summed E-state index contributed by atoms with van der Waals surface area (Å²) in [5.74, 6) is -0.0247. The van der Waals surface area contributed by atoms with Crippen LogP contribution in [-0.2, 0) is 14.3 Å². The summed E-state index contributed by atoms with van der Waals surface area (Å²) in [7, 11) is 0. The molecule has 0 aromatic heterocycles. The predicted molar refractivity (Wildman–Crippen MR) is 329 cm³/mol. The molecule has 0 spiro atoms. The number of rotatable bonds is 65. The number of aliphatic hydroxyl groups excluding tert-OH is 2. The van der Waals surface area contributed by atoms with Gasteiger partial charge in [-0.25, -0.2) is 0 Å². The van der Waals surface area contributed by atoms with E-state index in [1.807, 2.05) is 0 Å². The number of carbonyl (C=O) groups excluding carboxylic acids is 2. The molecular weight excluding hydrogens is 923 g/mol. The summed E-state index contributed by atoms with van der Waals surface area (Å²) in [6, 6.07) is -0.547. The molecule has 6 heteroatoms. The molecule has 0 radical (unpaired) electrons. The highest BCUT2D eigenvalue weighted by Gasteiger charge is 2.20. The van der Waals surface area contributed by atoms with E-state index in [1.165, 1.54) is 321 Å². The van der Waals surface area contributed by atoms with E-state index in [0.29, 0.717) is 25.9 Å². The van der Waals surface area contributed by atoms with E-state index in [2.05, 4.69) is 31.3 Å². The van der Waals surface area contributed by atoms with Crippen LogP contribution < -0.4 is 5.32 Å². The maximum atomic E-state index is 12.5. The Morgan fingerprint density at radius 1 is 0.360 bits per heavy atom. The number of hydrogen-bond donors (Lipinski definition) is 3. The van der Waals surface area contributed by atoms with Crippen LogP contribution in [0.15, 0.2) is 12.2 Å². The second-order valence-electron chi connectivity index (χ2n) is 23.9. The van der Waals surface area contributed by atoms with Gasteiger partial charge < -0.3 is 20.3 Å². The van der Waals surface area contributed by atoms with Gasteiger partial charge in [0.2, 0.25) is 5.91 Å². The van der Waals surface area contributed by atoms with Gasteiger partial charge in [-0.15, -0.1) is 0 Å². The van der Waals surface area contributed by atoms with E-state index in [1.54, 1.807) is 0 Å². The van der Waals surface area contributed by atoms with Gasteiger partial charge in [-0.2, -0.15) is 0 Å². The molecular formula is C69H135NO5. The SMILES string of the molecule is CCCCCCCCCCCCCCCCCCCCCC(O)C(CO)NC(=O)CCCCCCCCC/C=C\CCCCCCCCCCCCOC(=O)CCCCCCCCCCCCCCCCCCCC. The molecule has 446 valence electrons. The fraction of sp³-hybridized carbons (Fsp3) is 0.942. The fourth-order valence-corrected chi connectivity index (χ4v) is 11.1. The summed E-state index contributed by atoms with van der Waals surface area (Å²) in [4.78, 5) is 24.6. The van der Waals surface area contributed by atoms with Crippen LogP contribution in [0.1, 0.15) is 393 Å². The Kier molecular flexibility index (Phi) is 63.9. The largest absolute Gasteiger partial charge is 0.466 e. The van der Waals surface area contributed by atoms with Gasteiger partial charge >= 0.3 is 5.97 Å². The Hall–Kier alpha value is -1.40. The highest BCUT2D eigenvalue weighted by molar-refractivity contribution is 5.76. The summed E-state index contributed by atoms with van der Waals surface area (Å²) in [6.45, 7) is 4.99. The van der Waals surface area contributed by atoms with Crippen molar-refractivity contribution < 1.29 is 24.5 Å². The van der Waals surface area contributed by atoms with Gasteiger partial charge in [0.1, 0.15) is 0 Å². The van der Waals surface area contributed by atoms with E-state index in [-0.39, 0.29) is 18.5 Å². The molecule has 0 aliphatic heterocycles. The smallest absolute Gasteiger partial charge is 0.305 e. The standard InChI is InChI=1S/C69H135NO5/c1-3-5-7-9-11-13-15-17-19-21-26-29-33-37-41-45-49-53-57-61-67(72)66(65-71)70-68(73)62-58-54-50-46-42-38-34-30-27-24-23-25-28-32-36-40-44-48-52-56-60-64-75-69(74)63-59-55-51-47-43-39-35-31-22-20-18-16-14-12-10-8-6-4-2/h24,27,66-67,71-72H,3-23,25-26,28-65H2,1-2H3,(H,70,73)/b27-24-. The topological polar surface area (TPSA) is 95.9 Å². The summed E-state index contributed by atoms with van der Waals surface area (Å²) >= 11 is 0. The second kappa shape index (κ2) is 65.1. The Morgan fingerprint density at radius 3 is 0.947 bits per heavy atom. The molecule has 0 saturated carbocycles. The third kappa shape index (κ3) is 61.7. The summed E-state index contributed by atoms with van der Waals surface area (Å²) in [5, 5.41) is 23.4. The van der Waals surface area contributed by atoms with Crippen molar-refractivity contribution in [3.63, 3.8) is 0 Å². The number of aliphatic hydroxyl groups is 2. The zero-order valence-electron chi connectivity index (χ0n) is 51.1. The van der Waals surface area contributed by atoms with E-state index in [9.17, 15) is 19.8 Å². The lowest BCUT2D eigenvalue weighted by atomic mass is 10.0. The zero-order valence-corrected chi connectivity index (χ0v) is 51.1. The van der Waals surface area contributed by atoms with Crippen molar-refractivity contribution in [2.75, 3.05) is 13.2 Å². The normalized spacial score (nSPS) is 12.5. The maximum Gasteiger partial charge on any atom is 0.305 e. The molecule has 0 fully saturated rings. The lowest BCUT2D eigenvalue weighted by molar-refractivity contribution is -0.143. The summed E-state index contributed by atoms with van der Waals surface area (Å²) in [6.07, 6.45) is 79.6. The molecule has 0 aromatic rings. The van der Waals surface area contributed by atoms with Crippen LogP contribution in [0.4, 0.5) is 0 Å². The third-order valence-corrected chi connectivity index (χ3v) is 16.3. The molecule has 0 bridgehead atoms. The number of amides is 1. The van der Waals surface area contributed by atoms with Crippen LogP contribution in [0, 0.1) is 0 Å². The van der Waals surface area contributed by atoms with Gasteiger partial charge in [0.25, 0.3) is 0 Å². The first kappa shape index (κ1) is 73.6. The summed E-state index contributed by atoms with van der Waals surface area (Å²) < 4.78 is 5.50. The first-order chi connectivity index (χ1) is 37.0. The van der Waals surface area contributed by atoms with E-state index < -0.39 is 12.1 Å². The monoisotopic (exact) mass is 1060 g/mol. The van der Waals surface area contributed by atoms with Crippen molar-refractivity contribution in [2.45, 2.75) is 405 Å². The average molecular weight is 1060 g/mol. The van der Waals surface area contributed by atoms with Crippen LogP contribution in [0.5, 0.6) is 0 Å². The Balaban J connectivity index is 3.40. The minimum atomic E-state index is -0.669. The number of allylic oxidation sites excluding steroid dienone is 2. The van der Waals surface area contributed by atoms with Gasteiger partial charge in [-0.05, 0) is 51.4 Å². The zero-order chi connectivity index (χ0) is 54.3. The fourth-order valence-electron chi connectivity index (χ4n) is 11.1. The van der Waals surface area contributed by atoms with E-state index in [4.69, 9.17) is 4.74 Å². The van der Waals surface area contributed by atoms with Crippen molar-refractivity contribution in [2.24, 2.45) is 0 Å². The molecule has 0 aliphatic carbocycles. The highest BCUT2D eigenvalue weighted by Crippen LogP contribution is 2.19. The van der Waals surface area contributed by atoms with Crippen LogP contribution in [0.2, 0.25) is 0 Å². The third-order valence-electron chi connectivity index (χ3n) is 16.3. The minimum Gasteiger partial charge on any atom is -0.466 e. The first-order valence-electron chi connectivity index (χ1n) is 34.4. The number of carbonyl (C=O) groups is 2. The van der Waals surface area contributed by atoms with Gasteiger partial charge in [-0.1, -0.05) is 341 Å². The molecule has 0 heterocycles. The van der Waals surface area contributed by atoms with Crippen LogP contribution in [-0.4, -0.2) is 47.4 Å². The van der Waals surface area contributed by atoms with Crippen LogP contribution in [0.25, 0.3) is 0 Å². The van der Waals surface area contributed by atoms with Gasteiger partial charge in [-0.3, -0.25) is 9.59 Å². The van der Waals surface area contributed by atoms with Crippen molar-refractivity contribution in [3.05, 3.63) is 12.2 Å². The van der Waals surface area contributed by atoms with Gasteiger partial charge in [0, 0.05) is 12.8 Å². The van der Waals surface area contributed by atoms with E-state index >= 15 is 0 Å². The number of unbranched alkanes of at least 4 members (excludes halogenated alkanes) is 52. The highest BCUT2D eigenvalue weighted by atomic mass is 16.5. The van der Waals surface area contributed by atoms with E-state index in [0.717, 1.165) is 38.5 Å². The molecule has 1 amide bonds. The molecule has 0 aromatic carbocycles. The lowest BCUT2D eigenvalue weighted by Gasteiger charge is -2.22. The molecule has 3 N–H and O–H groups in total. The first-order valence-corrected chi connectivity index (χ1v) is 34.4. The number of hydrogen-bond acceptors (Lipinski definition) is 5. The van der Waals surface area contributed by atoms with Crippen molar-refractivity contribution in [3.8, 4) is 0 Å². The molecule has 2 unspecified atom stereocenters. The average Bonchev–Trinajstić information content (AvgIpc) is 3.41. The summed E-state index contributed by atoms with van der Waals surface area (Å²) in [5.41, 5.74) is 0. The maximum absolute atomic E-state index is 12.5. The van der Waals surface area contributed by atoms with Crippen molar-refractivity contribution >= 4 is 11.9 Å². The molecule has 0 saturated heterocycles. The van der Waals surface area contributed by atoms with Gasteiger partial charge in [0.15, 0.2) is 0 Å². The Morgan fingerprint density at radius 2 is 0.627 bits per heavy atom. The second-order valence-corrected chi connectivity index (χ2v) is 23.9. The molecule has 75 heavy (non-hydrogen) atoms. The predicted octanol–water partition coefficient (Wildman–Crippen LogP) is 22.0. The molecule has 0 rings (SSSR count). The molecule has 0 aliphatic rings. The number of nitrogens with one attached hydrogen (secondary N) is 1. The van der Waals surface area contributed by atoms with Crippen LogP contribution in [0.3, 0.4) is 0 Å². The van der Waals surface area contributed by atoms with Gasteiger partial charge in [0.05, 0.1) is 25.4 Å². The lowest BCUT2D eigenvalue weighted by Crippen LogP contribution is -2.45. The van der Waals surface area contributed by atoms with Crippen molar-refractivity contribution in [1.29, 1.82) is 0 Å². The molecule has 2 atom stereocenters. The van der Waals surface area contributed by atoms with Crippen molar-refractivity contribution in [1.82, 2.24) is 5.32 Å². The minimum absolute atomic E-state index is 0.0138. The Labute approximate surface area is 469 Å². The molecule has 6 nitrogen and oxygen atoms in total.